The molecule has 0 bridgehead atoms. The van der Waals surface area contributed by atoms with Crippen molar-refractivity contribution in [2.45, 2.75) is 18.3 Å². The van der Waals surface area contributed by atoms with Crippen molar-refractivity contribution in [2.24, 2.45) is 5.73 Å². The van der Waals surface area contributed by atoms with E-state index >= 15 is 0 Å². The highest BCUT2D eigenvalue weighted by Crippen LogP contribution is 2.36. The predicted octanol–water partition coefficient (Wildman–Crippen LogP) is 4.39. The smallest absolute Gasteiger partial charge is 0.369 e. The maximum Gasteiger partial charge on any atom is 0.417 e. The fraction of sp³-hybridized carbons (Fsp3) is 0.200. The molecule has 2 rings (SSSR count). The molecular weight excluding hydrogens is 374 g/mol. The number of benzene rings is 1. The molecule has 0 unspecified atom stereocenters. The molecule has 0 aliphatic rings. The van der Waals surface area contributed by atoms with Crippen molar-refractivity contribution in [3.63, 3.8) is 0 Å². The van der Waals surface area contributed by atoms with Crippen LogP contribution in [0.15, 0.2) is 36.5 Å². The van der Waals surface area contributed by atoms with E-state index in [-0.39, 0.29) is 11.3 Å². The Balaban J connectivity index is 2.55. The first-order chi connectivity index (χ1) is 11.4. The van der Waals surface area contributed by atoms with Crippen molar-refractivity contribution in [1.29, 1.82) is 0 Å². The van der Waals surface area contributed by atoms with Gasteiger partial charge in [0.2, 0.25) is 5.91 Å². The minimum Gasteiger partial charge on any atom is -0.369 e. The van der Waals surface area contributed by atoms with Crippen LogP contribution in [0.5, 0.6) is 0 Å². The molecule has 2 N–H and O–H groups in total. The number of halogens is 7. The second-order valence-corrected chi connectivity index (χ2v) is 5.45. The number of hydrogen-bond acceptors (Lipinski definition) is 2. The molecule has 0 radical (unpaired) electrons. The molecule has 1 aromatic heterocycles. The third kappa shape index (κ3) is 4.22. The molecule has 0 aliphatic carbocycles. The largest absolute Gasteiger partial charge is 0.417 e. The third-order valence-corrected chi connectivity index (χ3v) is 3.60. The van der Waals surface area contributed by atoms with Gasteiger partial charge >= 0.3 is 12.4 Å². The highest BCUT2D eigenvalue weighted by atomic mass is 35.5. The number of carbonyl (C=O) groups excluding carboxylic acids is 1. The molecule has 25 heavy (non-hydrogen) atoms. The first-order valence-corrected chi connectivity index (χ1v) is 6.98. The van der Waals surface area contributed by atoms with Gasteiger partial charge in [-0.3, -0.25) is 9.78 Å². The van der Waals surface area contributed by atoms with E-state index < -0.39 is 40.3 Å². The van der Waals surface area contributed by atoms with Crippen molar-refractivity contribution in [1.82, 2.24) is 4.98 Å². The zero-order chi connectivity index (χ0) is 19.0. The van der Waals surface area contributed by atoms with E-state index in [1.54, 1.807) is 0 Å². The summed E-state index contributed by atoms with van der Waals surface area (Å²) in [4.78, 5) is 15.2. The van der Waals surface area contributed by atoms with E-state index in [9.17, 15) is 31.1 Å². The minimum absolute atomic E-state index is 0.184. The van der Waals surface area contributed by atoms with Crippen LogP contribution in [0.25, 0.3) is 0 Å². The van der Waals surface area contributed by atoms with Gasteiger partial charge in [-0.25, -0.2) is 0 Å². The summed E-state index contributed by atoms with van der Waals surface area (Å²) in [5, 5.41) is -0.531. The highest BCUT2D eigenvalue weighted by molar-refractivity contribution is 6.31. The first-order valence-electron chi connectivity index (χ1n) is 6.60. The number of nitrogens with zero attached hydrogens (tertiary/aromatic N) is 1. The van der Waals surface area contributed by atoms with Crippen LogP contribution < -0.4 is 5.73 Å². The number of pyridine rings is 1. The molecule has 0 aliphatic heterocycles. The van der Waals surface area contributed by atoms with Gasteiger partial charge in [0.05, 0.1) is 21.8 Å². The van der Waals surface area contributed by atoms with E-state index in [1.807, 2.05) is 0 Å². The summed E-state index contributed by atoms with van der Waals surface area (Å²) in [6.07, 6.45) is -8.95. The SMILES string of the molecule is NC(=O)[C@H](c1cccc(C(F)(F)F)c1)c1ncc(C(F)(F)F)cc1Cl. The summed E-state index contributed by atoms with van der Waals surface area (Å²) in [6, 6.07) is 4.22. The summed E-state index contributed by atoms with van der Waals surface area (Å²) >= 11 is 5.76. The van der Waals surface area contributed by atoms with Gasteiger partial charge in [-0.05, 0) is 17.7 Å². The lowest BCUT2D eigenvalue weighted by molar-refractivity contribution is -0.138. The molecule has 1 aromatic carbocycles. The van der Waals surface area contributed by atoms with E-state index in [0.717, 1.165) is 12.1 Å². The molecule has 0 fully saturated rings. The topological polar surface area (TPSA) is 56.0 Å². The lowest BCUT2D eigenvalue weighted by Crippen LogP contribution is -2.24. The number of primary amides is 1. The highest BCUT2D eigenvalue weighted by Gasteiger charge is 2.35. The molecule has 1 heterocycles. The van der Waals surface area contributed by atoms with Gasteiger partial charge in [0.25, 0.3) is 0 Å². The molecular formula is C15H9ClF6N2O. The average molecular weight is 383 g/mol. The molecule has 10 heteroatoms. The van der Waals surface area contributed by atoms with Gasteiger partial charge in [0.1, 0.15) is 5.92 Å². The Morgan fingerprint density at radius 2 is 1.64 bits per heavy atom. The fourth-order valence-electron chi connectivity index (χ4n) is 2.17. The number of amides is 1. The van der Waals surface area contributed by atoms with Crippen molar-refractivity contribution in [2.75, 3.05) is 0 Å². The van der Waals surface area contributed by atoms with E-state index in [4.69, 9.17) is 17.3 Å². The van der Waals surface area contributed by atoms with Gasteiger partial charge in [-0.2, -0.15) is 26.3 Å². The summed E-state index contributed by atoms with van der Waals surface area (Å²) in [5.74, 6) is -2.63. The Hall–Kier alpha value is -2.29. The van der Waals surface area contributed by atoms with Gasteiger partial charge in [0.15, 0.2) is 0 Å². The van der Waals surface area contributed by atoms with Crippen LogP contribution >= 0.6 is 11.6 Å². The van der Waals surface area contributed by atoms with Crippen LogP contribution in [0.4, 0.5) is 26.3 Å². The fourth-order valence-corrected chi connectivity index (χ4v) is 2.44. The molecule has 2 aromatic rings. The molecule has 3 nitrogen and oxygen atoms in total. The summed E-state index contributed by atoms with van der Waals surface area (Å²) in [6.45, 7) is 0. The van der Waals surface area contributed by atoms with Gasteiger partial charge < -0.3 is 5.73 Å². The third-order valence-electron chi connectivity index (χ3n) is 3.30. The van der Waals surface area contributed by atoms with Crippen molar-refractivity contribution >= 4 is 17.5 Å². The van der Waals surface area contributed by atoms with Gasteiger partial charge in [-0.1, -0.05) is 29.8 Å². The van der Waals surface area contributed by atoms with E-state index in [2.05, 4.69) is 4.98 Å². The monoisotopic (exact) mass is 382 g/mol. The maximum atomic E-state index is 12.8. The van der Waals surface area contributed by atoms with E-state index in [0.29, 0.717) is 18.3 Å². The zero-order valence-corrected chi connectivity index (χ0v) is 12.9. The molecule has 0 saturated heterocycles. The zero-order valence-electron chi connectivity index (χ0n) is 12.1. The molecule has 134 valence electrons. The minimum atomic E-state index is -4.71. The number of hydrogen-bond donors (Lipinski definition) is 1. The van der Waals surface area contributed by atoms with Crippen LogP contribution in [0.1, 0.15) is 28.3 Å². The summed E-state index contributed by atoms with van der Waals surface area (Å²) in [5.41, 5.74) is 2.47. The Morgan fingerprint density at radius 3 is 2.12 bits per heavy atom. The van der Waals surface area contributed by atoms with Gasteiger partial charge in [-0.15, -0.1) is 0 Å². The number of carbonyl (C=O) groups is 1. The Labute approximate surface area is 142 Å². The number of nitrogens with two attached hydrogens (primary N) is 1. The number of aromatic nitrogens is 1. The standard InChI is InChI=1S/C15H9ClF6N2O/c16-10-5-9(15(20,21)22)6-24-12(10)11(13(23)25)7-2-1-3-8(4-7)14(17,18)19/h1-6,11H,(H2,23,25)/t11-/m1/s1. The average Bonchev–Trinajstić information content (AvgIpc) is 2.47. The molecule has 0 saturated carbocycles. The first kappa shape index (κ1) is 19.0. The molecule has 1 atom stereocenters. The Kier molecular flexibility index (Phi) is 4.99. The lowest BCUT2D eigenvalue weighted by Gasteiger charge is -2.17. The quantitative estimate of drug-likeness (QED) is 0.800. The van der Waals surface area contributed by atoms with Crippen LogP contribution in [-0.4, -0.2) is 10.9 Å². The van der Waals surface area contributed by atoms with Crippen LogP contribution in [-0.2, 0) is 17.1 Å². The second kappa shape index (κ2) is 6.55. The van der Waals surface area contributed by atoms with Crippen molar-refractivity contribution < 1.29 is 31.1 Å². The van der Waals surface area contributed by atoms with Crippen LogP contribution in [0.2, 0.25) is 5.02 Å². The Morgan fingerprint density at radius 1 is 1.04 bits per heavy atom. The molecule has 0 spiro atoms. The predicted molar refractivity (Wildman–Crippen MR) is 76.7 cm³/mol. The van der Waals surface area contributed by atoms with Crippen molar-refractivity contribution in [3.8, 4) is 0 Å². The normalized spacial score (nSPS) is 13.6. The van der Waals surface area contributed by atoms with Gasteiger partial charge in [0, 0.05) is 6.20 Å². The number of alkyl halides is 6. The lowest BCUT2D eigenvalue weighted by atomic mass is 9.92. The van der Waals surface area contributed by atoms with Crippen molar-refractivity contribution in [3.05, 3.63) is 63.9 Å². The summed E-state index contributed by atoms with van der Waals surface area (Å²) in [7, 11) is 0. The van der Waals surface area contributed by atoms with Crippen LogP contribution in [0.3, 0.4) is 0 Å². The number of rotatable bonds is 3. The van der Waals surface area contributed by atoms with Crippen LogP contribution in [0, 0.1) is 0 Å². The summed E-state index contributed by atoms with van der Waals surface area (Å²) < 4.78 is 76.4. The maximum absolute atomic E-state index is 12.8. The Bertz CT molecular complexity index is 803. The molecule has 1 amide bonds. The second-order valence-electron chi connectivity index (χ2n) is 5.05. The van der Waals surface area contributed by atoms with E-state index in [1.165, 1.54) is 6.07 Å².